The molecule has 1 atom stereocenters. The SMILES string of the molecule is C=C(OC)/C(=C\C=N/CCOc1cnc(N)nc1NC(C)CCC)OC. The van der Waals surface area contributed by atoms with Crippen molar-refractivity contribution in [3.8, 4) is 5.75 Å². The first-order chi connectivity index (χ1) is 12.5. The average molecular weight is 363 g/mol. The van der Waals surface area contributed by atoms with Crippen LogP contribution in [0.5, 0.6) is 5.75 Å². The number of nitrogens with two attached hydrogens (primary N) is 1. The number of methoxy groups -OCH3 is 2. The van der Waals surface area contributed by atoms with Crippen LogP contribution in [0.25, 0.3) is 0 Å². The number of aliphatic imine (C=N–C) groups is 1. The van der Waals surface area contributed by atoms with Crippen molar-refractivity contribution in [3.05, 3.63) is 30.4 Å². The van der Waals surface area contributed by atoms with Crippen molar-refractivity contribution in [2.75, 3.05) is 38.4 Å². The molecule has 8 nitrogen and oxygen atoms in total. The van der Waals surface area contributed by atoms with Crippen LogP contribution in [-0.2, 0) is 9.47 Å². The Hall–Kier alpha value is -2.77. The summed E-state index contributed by atoms with van der Waals surface area (Å²) in [6.45, 7) is 8.78. The Kier molecular flexibility index (Phi) is 9.59. The van der Waals surface area contributed by atoms with Crippen molar-refractivity contribution in [1.29, 1.82) is 0 Å². The van der Waals surface area contributed by atoms with E-state index in [1.165, 1.54) is 7.11 Å². The molecule has 1 heterocycles. The quantitative estimate of drug-likeness (QED) is 0.255. The summed E-state index contributed by atoms with van der Waals surface area (Å²) in [6.07, 6.45) is 6.96. The fraction of sp³-hybridized carbons (Fsp3) is 0.500. The zero-order valence-electron chi connectivity index (χ0n) is 16.0. The van der Waals surface area contributed by atoms with Gasteiger partial charge in [-0.15, -0.1) is 0 Å². The van der Waals surface area contributed by atoms with E-state index in [4.69, 9.17) is 19.9 Å². The van der Waals surface area contributed by atoms with Crippen molar-refractivity contribution >= 4 is 18.0 Å². The molecule has 144 valence electrons. The van der Waals surface area contributed by atoms with Gasteiger partial charge in [0.2, 0.25) is 5.95 Å². The molecule has 0 aliphatic rings. The van der Waals surface area contributed by atoms with Crippen LogP contribution in [0.1, 0.15) is 26.7 Å². The van der Waals surface area contributed by atoms with E-state index in [0.717, 1.165) is 12.8 Å². The van der Waals surface area contributed by atoms with E-state index < -0.39 is 0 Å². The van der Waals surface area contributed by atoms with Crippen molar-refractivity contribution in [2.24, 2.45) is 4.99 Å². The Morgan fingerprint density at radius 2 is 2.19 bits per heavy atom. The van der Waals surface area contributed by atoms with Crippen molar-refractivity contribution in [1.82, 2.24) is 9.97 Å². The van der Waals surface area contributed by atoms with E-state index in [0.29, 0.717) is 36.2 Å². The molecule has 26 heavy (non-hydrogen) atoms. The maximum absolute atomic E-state index is 5.72. The van der Waals surface area contributed by atoms with E-state index in [2.05, 4.69) is 40.7 Å². The number of allylic oxidation sites excluding steroid dienone is 1. The summed E-state index contributed by atoms with van der Waals surface area (Å²) in [5, 5.41) is 3.30. The van der Waals surface area contributed by atoms with Gasteiger partial charge >= 0.3 is 0 Å². The van der Waals surface area contributed by atoms with Crippen LogP contribution in [0.2, 0.25) is 0 Å². The first-order valence-corrected chi connectivity index (χ1v) is 8.51. The molecule has 0 amide bonds. The van der Waals surface area contributed by atoms with Crippen LogP contribution in [0.15, 0.2) is 35.4 Å². The van der Waals surface area contributed by atoms with Gasteiger partial charge in [-0.3, -0.25) is 4.99 Å². The molecule has 0 aromatic carbocycles. The third kappa shape index (κ3) is 7.42. The van der Waals surface area contributed by atoms with E-state index >= 15 is 0 Å². The van der Waals surface area contributed by atoms with Gasteiger partial charge in [0.05, 0.1) is 27.0 Å². The summed E-state index contributed by atoms with van der Waals surface area (Å²) in [6, 6.07) is 0.265. The largest absolute Gasteiger partial charge is 0.493 e. The number of anilines is 2. The lowest BCUT2D eigenvalue weighted by atomic mass is 10.2. The van der Waals surface area contributed by atoms with Gasteiger partial charge in [0, 0.05) is 18.3 Å². The van der Waals surface area contributed by atoms with Gasteiger partial charge in [-0.25, -0.2) is 4.98 Å². The van der Waals surface area contributed by atoms with E-state index in [-0.39, 0.29) is 12.0 Å². The van der Waals surface area contributed by atoms with Gasteiger partial charge in [-0.2, -0.15) is 4.98 Å². The number of nitrogens with one attached hydrogen (secondary N) is 1. The molecule has 1 rings (SSSR count). The van der Waals surface area contributed by atoms with Crippen molar-refractivity contribution < 1.29 is 14.2 Å². The zero-order valence-corrected chi connectivity index (χ0v) is 16.0. The highest BCUT2D eigenvalue weighted by atomic mass is 16.5. The van der Waals surface area contributed by atoms with Crippen LogP contribution in [-0.4, -0.2) is 49.6 Å². The molecule has 3 N–H and O–H groups in total. The summed E-state index contributed by atoms with van der Waals surface area (Å²) in [5.74, 6) is 2.31. The molecule has 1 aromatic rings. The third-order valence-electron chi connectivity index (χ3n) is 3.43. The molecular weight excluding hydrogens is 334 g/mol. The highest BCUT2D eigenvalue weighted by Gasteiger charge is 2.10. The lowest BCUT2D eigenvalue weighted by Crippen LogP contribution is -2.17. The van der Waals surface area contributed by atoms with Gasteiger partial charge < -0.3 is 25.3 Å². The molecule has 8 heteroatoms. The number of rotatable bonds is 12. The Bertz CT molecular complexity index is 631. The summed E-state index contributed by atoms with van der Waals surface area (Å²) in [5.41, 5.74) is 5.67. The van der Waals surface area contributed by atoms with Crippen molar-refractivity contribution in [2.45, 2.75) is 32.7 Å². The maximum atomic E-state index is 5.72. The van der Waals surface area contributed by atoms with Gasteiger partial charge in [0.15, 0.2) is 23.1 Å². The van der Waals surface area contributed by atoms with E-state index in [1.54, 1.807) is 25.6 Å². The number of nitrogen functional groups attached to an aromatic ring is 1. The molecule has 0 bridgehead atoms. The summed E-state index contributed by atoms with van der Waals surface area (Å²) in [4.78, 5) is 12.4. The lowest BCUT2D eigenvalue weighted by molar-refractivity contribution is 0.222. The van der Waals surface area contributed by atoms with Crippen LogP contribution in [0, 0.1) is 0 Å². The lowest BCUT2D eigenvalue weighted by Gasteiger charge is -2.16. The number of nitrogens with zero attached hydrogens (tertiary/aromatic N) is 3. The van der Waals surface area contributed by atoms with E-state index in [9.17, 15) is 0 Å². The molecule has 0 fully saturated rings. The summed E-state index contributed by atoms with van der Waals surface area (Å²) in [7, 11) is 3.07. The van der Waals surface area contributed by atoms with Gasteiger partial charge in [-0.1, -0.05) is 19.9 Å². The first-order valence-electron chi connectivity index (χ1n) is 8.51. The smallest absolute Gasteiger partial charge is 0.222 e. The molecule has 0 saturated carbocycles. The first kappa shape index (κ1) is 21.3. The average Bonchev–Trinajstić information content (AvgIpc) is 2.62. The molecule has 1 aromatic heterocycles. The second kappa shape index (κ2) is 11.7. The Morgan fingerprint density at radius 3 is 2.85 bits per heavy atom. The summed E-state index contributed by atoms with van der Waals surface area (Å²) >= 11 is 0. The topological polar surface area (TPSA) is 104 Å². The molecule has 0 radical (unpaired) electrons. The van der Waals surface area contributed by atoms with Crippen LogP contribution < -0.4 is 15.8 Å². The zero-order chi connectivity index (χ0) is 19.4. The maximum Gasteiger partial charge on any atom is 0.222 e. The Balaban J connectivity index is 2.58. The van der Waals surface area contributed by atoms with E-state index in [1.807, 2.05) is 0 Å². The second-order valence-electron chi connectivity index (χ2n) is 5.54. The molecule has 0 aliphatic heterocycles. The van der Waals surface area contributed by atoms with Crippen LogP contribution in [0.3, 0.4) is 0 Å². The third-order valence-corrected chi connectivity index (χ3v) is 3.43. The van der Waals surface area contributed by atoms with Crippen LogP contribution in [0.4, 0.5) is 11.8 Å². The van der Waals surface area contributed by atoms with Gasteiger partial charge in [0.25, 0.3) is 0 Å². The minimum Gasteiger partial charge on any atom is -0.493 e. The highest BCUT2D eigenvalue weighted by Crippen LogP contribution is 2.23. The molecule has 0 aliphatic carbocycles. The highest BCUT2D eigenvalue weighted by molar-refractivity contribution is 5.72. The standard InChI is InChI=1S/C18H29N5O3/c1-6-7-13(2)22-17-16(12-21-18(19)23-17)26-11-10-20-9-8-15(25-5)14(3)24-4/h8-9,12-13H,3,6-7,10-11H2,1-2,4-5H3,(H3,19,21,22,23)/b15-8+,20-9-. The van der Waals surface area contributed by atoms with Crippen LogP contribution >= 0.6 is 0 Å². The number of hydrogen-bond donors (Lipinski definition) is 2. The molecular formula is C18H29N5O3. The fourth-order valence-electron chi connectivity index (χ4n) is 2.11. The predicted octanol–water partition coefficient (Wildman–Crippen LogP) is 2.80. The minimum absolute atomic E-state index is 0.206. The Morgan fingerprint density at radius 1 is 1.42 bits per heavy atom. The number of ether oxygens (including phenoxy) is 3. The molecule has 0 spiro atoms. The predicted molar refractivity (Wildman–Crippen MR) is 105 cm³/mol. The Labute approximate surface area is 155 Å². The summed E-state index contributed by atoms with van der Waals surface area (Å²) < 4.78 is 15.9. The number of aromatic nitrogens is 2. The normalized spacial score (nSPS) is 12.7. The van der Waals surface area contributed by atoms with Gasteiger partial charge in [0.1, 0.15) is 6.61 Å². The molecule has 1 unspecified atom stereocenters. The van der Waals surface area contributed by atoms with Crippen molar-refractivity contribution in [3.63, 3.8) is 0 Å². The monoisotopic (exact) mass is 363 g/mol. The second-order valence-corrected chi connectivity index (χ2v) is 5.54. The number of hydrogen-bond acceptors (Lipinski definition) is 8. The fourth-order valence-corrected chi connectivity index (χ4v) is 2.11. The van der Waals surface area contributed by atoms with Gasteiger partial charge in [-0.05, 0) is 13.3 Å². The molecule has 0 saturated heterocycles. The minimum atomic E-state index is 0.206.